The van der Waals surface area contributed by atoms with Gasteiger partial charge in [-0.3, -0.25) is 0 Å². The first-order valence-corrected chi connectivity index (χ1v) is 12.9. The van der Waals surface area contributed by atoms with Gasteiger partial charge in [-0.1, -0.05) is 96.5 Å². The molecule has 1 aromatic carbocycles. The largest absolute Gasteiger partial charge is 0.504 e. The molecule has 32 heavy (non-hydrogen) atoms. The predicted octanol–water partition coefficient (Wildman–Crippen LogP) is 7.62. The molecule has 1 aromatic rings. The molecule has 0 heterocycles. The van der Waals surface area contributed by atoms with Crippen molar-refractivity contribution in [3.8, 4) is 11.5 Å². The van der Waals surface area contributed by atoms with E-state index < -0.39 is 11.7 Å². The zero-order chi connectivity index (χ0) is 23.4. The summed E-state index contributed by atoms with van der Waals surface area (Å²) in [5, 5.41) is 28.5. The summed E-state index contributed by atoms with van der Waals surface area (Å²) in [5.41, 5.74) is 0.421. The van der Waals surface area contributed by atoms with E-state index in [9.17, 15) is 20.1 Å². The summed E-state index contributed by atoms with van der Waals surface area (Å²) in [7, 11) is 0. The van der Waals surface area contributed by atoms with Crippen LogP contribution >= 0.6 is 0 Å². The summed E-state index contributed by atoms with van der Waals surface area (Å²) in [5.74, 6) is -2.10. The molecule has 0 aliphatic rings. The number of carbonyl (C=O) groups is 1. The fourth-order valence-corrected chi connectivity index (χ4v) is 4.09. The number of carboxylic acids is 1. The highest BCUT2D eigenvalue weighted by Gasteiger charge is 2.18. The molecule has 0 unspecified atom stereocenters. The van der Waals surface area contributed by atoms with E-state index in [2.05, 4.69) is 6.92 Å². The van der Waals surface area contributed by atoms with Gasteiger partial charge in [-0.15, -0.1) is 0 Å². The van der Waals surface area contributed by atoms with Crippen molar-refractivity contribution in [1.82, 2.24) is 0 Å². The normalized spacial score (nSPS) is 11.2. The summed E-state index contributed by atoms with van der Waals surface area (Å²) < 4.78 is 5.71. The van der Waals surface area contributed by atoms with E-state index in [0.717, 1.165) is 32.5 Å². The lowest BCUT2D eigenvalue weighted by Gasteiger charge is -2.09. The van der Waals surface area contributed by atoms with E-state index in [1.165, 1.54) is 89.5 Å². The number of unbranched alkanes of at least 4 members (excludes halogenated alkanes) is 14. The number of carboxylic acid groups (broad SMARTS) is 1. The minimum Gasteiger partial charge on any atom is -0.504 e. The Bertz CT molecular complexity index is 614. The number of phenols is 2. The molecule has 0 saturated carbocycles. The number of benzene rings is 1. The maximum Gasteiger partial charge on any atom is 0.339 e. The second-order valence-corrected chi connectivity index (χ2v) is 8.94. The number of phenolic OH excluding ortho intramolecular Hbond substituents is 1. The smallest absolute Gasteiger partial charge is 0.339 e. The van der Waals surface area contributed by atoms with E-state index in [-0.39, 0.29) is 11.3 Å². The Balaban J connectivity index is 1.89. The Hall–Kier alpha value is -1.75. The number of aromatic hydroxyl groups is 2. The molecule has 0 radical (unpaired) electrons. The second-order valence-electron chi connectivity index (χ2n) is 8.94. The van der Waals surface area contributed by atoms with Crippen LogP contribution in [0.5, 0.6) is 11.5 Å². The minimum atomic E-state index is -1.20. The summed E-state index contributed by atoms with van der Waals surface area (Å²) in [6, 6.07) is 2.96. The van der Waals surface area contributed by atoms with Gasteiger partial charge in [-0.05, 0) is 37.3 Å². The SMILES string of the molecule is CCCCCCCOCCCCCCCCCCCCCc1ccc(O)c(O)c1C(=O)O. The van der Waals surface area contributed by atoms with Crippen molar-refractivity contribution in [2.45, 2.75) is 116 Å². The predicted molar refractivity (Wildman–Crippen MR) is 131 cm³/mol. The maximum atomic E-state index is 11.3. The van der Waals surface area contributed by atoms with Crippen LogP contribution in [-0.2, 0) is 11.2 Å². The number of aryl methyl sites for hydroxylation is 1. The van der Waals surface area contributed by atoms with Gasteiger partial charge >= 0.3 is 5.97 Å². The van der Waals surface area contributed by atoms with E-state index in [4.69, 9.17) is 4.74 Å². The summed E-state index contributed by atoms with van der Waals surface area (Å²) >= 11 is 0. The van der Waals surface area contributed by atoms with Crippen molar-refractivity contribution >= 4 is 5.97 Å². The van der Waals surface area contributed by atoms with Gasteiger partial charge in [0.05, 0.1) is 0 Å². The molecule has 0 spiro atoms. The average Bonchev–Trinajstić information content (AvgIpc) is 2.77. The molecular formula is C27H46O5. The molecule has 0 saturated heterocycles. The lowest BCUT2D eigenvalue weighted by molar-refractivity contribution is 0.0691. The zero-order valence-electron chi connectivity index (χ0n) is 20.2. The van der Waals surface area contributed by atoms with Gasteiger partial charge in [-0.25, -0.2) is 4.79 Å². The molecule has 0 aliphatic heterocycles. The molecular weight excluding hydrogens is 404 g/mol. The molecule has 0 bridgehead atoms. The molecule has 1 rings (SSSR count). The number of aromatic carboxylic acids is 1. The number of rotatable bonds is 21. The van der Waals surface area contributed by atoms with Crippen LogP contribution in [0.15, 0.2) is 12.1 Å². The number of hydrogen-bond donors (Lipinski definition) is 3. The summed E-state index contributed by atoms with van der Waals surface area (Å²) in [4.78, 5) is 11.3. The Morgan fingerprint density at radius 2 is 1.19 bits per heavy atom. The third-order valence-corrected chi connectivity index (χ3v) is 6.08. The van der Waals surface area contributed by atoms with Crippen LogP contribution in [0.25, 0.3) is 0 Å². The highest BCUT2D eigenvalue weighted by atomic mass is 16.5. The standard InChI is InChI=1S/C27H46O5/c1-2-3-4-13-16-21-32-22-17-14-11-9-7-5-6-8-10-12-15-18-23-19-20-24(28)26(29)25(23)27(30)31/h19-20,28-29H,2-18,21-22H2,1H3,(H,30,31). The van der Waals surface area contributed by atoms with Crippen molar-refractivity contribution in [2.24, 2.45) is 0 Å². The van der Waals surface area contributed by atoms with Crippen LogP contribution in [0, 0.1) is 0 Å². The van der Waals surface area contributed by atoms with Crippen molar-refractivity contribution in [2.75, 3.05) is 13.2 Å². The average molecular weight is 451 g/mol. The first-order chi connectivity index (χ1) is 15.6. The highest BCUT2D eigenvalue weighted by molar-refractivity contribution is 5.93. The molecule has 0 aliphatic carbocycles. The fraction of sp³-hybridized carbons (Fsp3) is 0.741. The van der Waals surface area contributed by atoms with Gasteiger partial charge < -0.3 is 20.1 Å². The van der Waals surface area contributed by atoms with Crippen molar-refractivity contribution < 1.29 is 24.9 Å². The molecule has 0 fully saturated rings. The van der Waals surface area contributed by atoms with Crippen molar-refractivity contribution in [3.05, 3.63) is 23.3 Å². The first kappa shape index (κ1) is 28.3. The van der Waals surface area contributed by atoms with Gasteiger partial charge in [-0.2, -0.15) is 0 Å². The van der Waals surface area contributed by atoms with Gasteiger partial charge in [0, 0.05) is 13.2 Å². The minimum absolute atomic E-state index is 0.168. The monoisotopic (exact) mass is 450 g/mol. The van der Waals surface area contributed by atoms with Crippen molar-refractivity contribution in [3.63, 3.8) is 0 Å². The van der Waals surface area contributed by atoms with Crippen LogP contribution in [0.4, 0.5) is 0 Å². The molecule has 0 atom stereocenters. The fourth-order valence-electron chi connectivity index (χ4n) is 4.09. The molecule has 5 nitrogen and oxygen atoms in total. The third-order valence-electron chi connectivity index (χ3n) is 6.08. The van der Waals surface area contributed by atoms with Crippen LogP contribution in [-0.4, -0.2) is 34.5 Å². The maximum absolute atomic E-state index is 11.3. The highest BCUT2D eigenvalue weighted by Crippen LogP contribution is 2.32. The summed E-state index contributed by atoms with van der Waals surface area (Å²) in [6.07, 6.45) is 20.4. The number of ether oxygens (including phenoxy) is 1. The van der Waals surface area contributed by atoms with Crippen LogP contribution in [0.2, 0.25) is 0 Å². The topological polar surface area (TPSA) is 87.0 Å². The Morgan fingerprint density at radius 1 is 0.719 bits per heavy atom. The Kier molecular flexibility index (Phi) is 16.6. The quantitative estimate of drug-likeness (QED) is 0.132. The zero-order valence-corrected chi connectivity index (χ0v) is 20.2. The van der Waals surface area contributed by atoms with Gasteiger partial charge in [0.15, 0.2) is 11.5 Å². The van der Waals surface area contributed by atoms with Gasteiger partial charge in [0.2, 0.25) is 0 Å². The van der Waals surface area contributed by atoms with E-state index >= 15 is 0 Å². The van der Waals surface area contributed by atoms with E-state index in [1.807, 2.05) is 0 Å². The Labute approximate surface area is 195 Å². The first-order valence-electron chi connectivity index (χ1n) is 12.9. The molecule has 184 valence electrons. The molecule has 0 amide bonds. The van der Waals surface area contributed by atoms with Crippen LogP contribution < -0.4 is 0 Å². The van der Waals surface area contributed by atoms with Gasteiger partial charge in [0.1, 0.15) is 5.56 Å². The molecule has 3 N–H and O–H groups in total. The second kappa shape index (κ2) is 18.8. The van der Waals surface area contributed by atoms with E-state index in [1.54, 1.807) is 6.07 Å². The van der Waals surface area contributed by atoms with E-state index in [0.29, 0.717) is 12.0 Å². The lowest BCUT2D eigenvalue weighted by atomic mass is 9.99. The number of hydrogen-bond acceptors (Lipinski definition) is 4. The molecule has 5 heteroatoms. The lowest BCUT2D eigenvalue weighted by Crippen LogP contribution is -2.03. The van der Waals surface area contributed by atoms with Crippen molar-refractivity contribution in [1.29, 1.82) is 0 Å². The molecule has 0 aromatic heterocycles. The van der Waals surface area contributed by atoms with Crippen LogP contribution in [0.3, 0.4) is 0 Å². The van der Waals surface area contributed by atoms with Gasteiger partial charge in [0.25, 0.3) is 0 Å². The Morgan fingerprint density at radius 3 is 1.69 bits per heavy atom. The van der Waals surface area contributed by atoms with Crippen LogP contribution in [0.1, 0.15) is 126 Å². The third kappa shape index (κ3) is 12.9. The summed E-state index contributed by atoms with van der Waals surface area (Å²) in [6.45, 7) is 4.10.